The molecule has 2 aliphatic rings. The molecule has 0 radical (unpaired) electrons. The number of amides is 1. The Hall–Kier alpha value is -2.33. The molecule has 1 saturated carbocycles. The quantitative estimate of drug-likeness (QED) is 0.789. The third-order valence-corrected chi connectivity index (χ3v) is 5.57. The zero-order chi connectivity index (χ0) is 16.8. The van der Waals surface area contributed by atoms with E-state index in [9.17, 15) is 4.79 Å². The minimum atomic E-state index is 0.00669. The molecule has 1 saturated heterocycles. The third kappa shape index (κ3) is 2.81. The second kappa shape index (κ2) is 5.88. The maximum Gasteiger partial charge on any atom is 0.251 e. The van der Waals surface area contributed by atoms with Crippen LogP contribution in [0.5, 0.6) is 0 Å². The molecule has 2 aromatic carbocycles. The summed E-state index contributed by atoms with van der Waals surface area (Å²) in [6.07, 6.45) is 4.81. The normalized spacial score (nSPS) is 19.5. The summed E-state index contributed by atoms with van der Waals surface area (Å²) in [4.78, 5) is 15.2. The fraction of sp³-hybridized carbons (Fsp3) is 0.381. The predicted octanol–water partition coefficient (Wildman–Crippen LogP) is 3.94. The van der Waals surface area contributed by atoms with Gasteiger partial charge in [-0.1, -0.05) is 18.2 Å². The Morgan fingerprint density at radius 2 is 1.72 bits per heavy atom. The van der Waals surface area contributed by atoms with E-state index in [1.54, 1.807) is 0 Å². The first-order chi connectivity index (χ1) is 12.3. The van der Waals surface area contributed by atoms with Crippen LogP contribution < -0.4 is 5.32 Å². The minimum absolute atomic E-state index is 0.00669. The molecule has 1 amide bonds. The molecule has 1 aromatic heterocycles. The molecule has 128 valence electrons. The van der Waals surface area contributed by atoms with Crippen molar-refractivity contribution in [2.75, 3.05) is 13.1 Å². The van der Waals surface area contributed by atoms with Crippen molar-refractivity contribution in [2.24, 2.45) is 0 Å². The largest absolute Gasteiger partial charge is 0.456 e. The van der Waals surface area contributed by atoms with Crippen LogP contribution in [0.25, 0.3) is 21.9 Å². The zero-order valence-electron chi connectivity index (χ0n) is 14.2. The second-order valence-corrected chi connectivity index (χ2v) is 7.32. The first-order valence-corrected chi connectivity index (χ1v) is 9.24. The van der Waals surface area contributed by atoms with Crippen LogP contribution in [0.3, 0.4) is 0 Å². The van der Waals surface area contributed by atoms with Gasteiger partial charge in [0.05, 0.1) is 0 Å². The maximum atomic E-state index is 12.6. The van der Waals surface area contributed by atoms with Crippen LogP contribution >= 0.6 is 0 Å². The molecule has 4 nitrogen and oxygen atoms in total. The van der Waals surface area contributed by atoms with Crippen LogP contribution in [-0.4, -0.2) is 36.0 Å². The summed E-state index contributed by atoms with van der Waals surface area (Å²) >= 11 is 0. The molecule has 2 heterocycles. The molecule has 0 spiro atoms. The fourth-order valence-electron chi connectivity index (χ4n) is 3.98. The highest BCUT2D eigenvalue weighted by Gasteiger charge is 2.32. The Labute approximate surface area is 146 Å². The van der Waals surface area contributed by atoms with E-state index in [1.165, 1.54) is 12.8 Å². The molecular weight excluding hydrogens is 312 g/mol. The van der Waals surface area contributed by atoms with Crippen molar-refractivity contribution >= 4 is 27.8 Å². The second-order valence-electron chi connectivity index (χ2n) is 7.32. The standard InChI is InChI=1S/C21H22N2O2/c24-21(22-15-9-11-23(12-10-15)16-6-7-16)14-5-8-18-17-3-1-2-4-19(17)25-20(18)13-14/h1-5,8,13,15-16H,6-7,9-12H2,(H,22,24). The highest BCUT2D eigenvalue weighted by atomic mass is 16.3. The smallest absolute Gasteiger partial charge is 0.251 e. The van der Waals surface area contributed by atoms with Crippen molar-refractivity contribution in [2.45, 2.75) is 37.8 Å². The van der Waals surface area contributed by atoms with Crippen molar-refractivity contribution in [3.63, 3.8) is 0 Å². The van der Waals surface area contributed by atoms with Gasteiger partial charge in [0, 0.05) is 41.5 Å². The SMILES string of the molecule is O=C(NC1CCN(C2CC2)CC1)c1ccc2c(c1)oc1ccccc12. The van der Waals surface area contributed by atoms with Gasteiger partial charge in [0.15, 0.2) is 0 Å². The molecule has 3 aromatic rings. The van der Waals surface area contributed by atoms with Crippen LogP contribution in [0.15, 0.2) is 46.9 Å². The number of piperidine rings is 1. The summed E-state index contributed by atoms with van der Waals surface area (Å²) in [6.45, 7) is 2.22. The van der Waals surface area contributed by atoms with Gasteiger partial charge >= 0.3 is 0 Å². The number of nitrogens with zero attached hydrogens (tertiary/aromatic N) is 1. The van der Waals surface area contributed by atoms with Crippen LogP contribution in [0, 0.1) is 0 Å². The summed E-state index contributed by atoms with van der Waals surface area (Å²) < 4.78 is 5.89. The van der Waals surface area contributed by atoms with Crippen LogP contribution in [-0.2, 0) is 0 Å². The van der Waals surface area contributed by atoms with Gasteiger partial charge in [0.25, 0.3) is 5.91 Å². The van der Waals surface area contributed by atoms with Gasteiger partial charge in [-0.05, 0) is 49.9 Å². The van der Waals surface area contributed by atoms with Gasteiger partial charge in [0.1, 0.15) is 11.2 Å². The number of furan rings is 1. The lowest BCUT2D eigenvalue weighted by molar-refractivity contribution is 0.0909. The first kappa shape index (κ1) is 15.0. The van der Waals surface area contributed by atoms with Gasteiger partial charge in [-0.25, -0.2) is 0 Å². The number of likely N-dealkylation sites (tertiary alicyclic amines) is 1. The minimum Gasteiger partial charge on any atom is -0.456 e. The molecule has 0 atom stereocenters. The predicted molar refractivity (Wildman–Crippen MR) is 98.8 cm³/mol. The summed E-state index contributed by atoms with van der Waals surface area (Å²) in [5.74, 6) is 0.00669. The van der Waals surface area contributed by atoms with E-state index >= 15 is 0 Å². The monoisotopic (exact) mass is 334 g/mol. The Morgan fingerprint density at radius 3 is 2.52 bits per heavy atom. The lowest BCUT2D eigenvalue weighted by Crippen LogP contribution is -2.45. The summed E-state index contributed by atoms with van der Waals surface area (Å²) in [5, 5.41) is 5.36. The lowest BCUT2D eigenvalue weighted by Gasteiger charge is -2.32. The Bertz CT molecular complexity index is 933. The van der Waals surface area contributed by atoms with E-state index in [1.807, 2.05) is 36.4 Å². The van der Waals surface area contributed by atoms with Crippen molar-refractivity contribution in [3.05, 3.63) is 48.0 Å². The van der Waals surface area contributed by atoms with E-state index in [4.69, 9.17) is 4.42 Å². The van der Waals surface area contributed by atoms with Gasteiger partial charge in [-0.2, -0.15) is 0 Å². The summed E-state index contributed by atoms with van der Waals surface area (Å²) in [7, 11) is 0. The lowest BCUT2D eigenvalue weighted by atomic mass is 10.0. The number of benzene rings is 2. The highest BCUT2D eigenvalue weighted by molar-refractivity contribution is 6.07. The van der Waals surface area contributed by atoms with Gasteiger partial charge in [0.2, 0.25) is 0 Å². The highest BCUT2D eigenvalue weighted by Crippen LogP contribution is 2.30. The third-order valence-electron chi connectivity index (χ3n) is 5.57. The molecular formula is C21H22N2O2. The molecule has 0 bridgehead atoms. The summed E-state index contributed by atoms with van der Waals surface area (Å²) in [6, 6.07) is 14.9. The van der Waals surface area contributed by atoms with Crippen LogP contribution in [0.2, 0.25) is 0 Å². The van der Waals surface area contributed by atoms with E-state index in [0.717, 1.165) is 53.9 Å². The van der Waals surface area contributed by atoms with Crippen molar-refractivity contribution in [3.8, 4) is 0 Å². The number of hydrogen-bond acceptors (Lipinski definition) is 3. The average molecular weight is 334 g/mol. The molecule has 5 rings (SSSR count). The van der Waals surface area contributed by atoms with E-state index in [-0.39, 0.29) is 11.9 Å². The number of carbonyl (C=O) groups excluding carboxylic acids is 1. The molecule has 1 N–H and O–H groups in total. The van der Waals surface area contributed by atoms with Crippen molar-refractivity contribution in [1.29, 1.82) is 0 Å². The Kier molecular flexibility index (Phi) is 3.52. The van der Waals surface area contributed by atoms with E-state index in [0.29, 0.717) is 5.56 Å². The van der Waals surface area contributed by atoms with Crippen molar-refractivity contribution < 1.29 is 9.21 Å². The van der Waals surface area contributed by atoms with Crippen LogP contribution in [0.4, 0.5) is 0 Å². The van der Waals surface area contributed by atoms with Gasteiger partial charge < -0.3 is 14.6 Å². The van der Waals surface area contributed by atoms with Crippen molar-refractivity contribution in [1.82, 2.24) is 10.2 Å². The molecule has 2 fully saturated rings. The van der Waals surface area contributed by atoms with Gasteiger partial charge in [-0.15, -0.1) is 0 Å². The van der Waals surface area contributed by atoms with Crippen LogP contribution in [0.1, 0.15) is 36.0 Å². The number of hydrogen-bond donors (Lipinski definition) is 1. The Morgan fingerprint density at radius 1 is 0.960 bits per heavy atom. The number of para-hydroxylation sites is 1. The molecule has 1 aliphatic carbocycles. The summed E-state index contributed by atoms with van der Waals surface area (Å²) in [5.41, 5.74) is 2.32. The topological polar surface area (TPSA) is 45.5 Å². The molecule has 4 heteroatoms. The maximum absolute atomic E-state index is 12.6. The number of carbonyl (C=O) groups is 1. The molecule has 0 unspecified atom stereocenters. The zero-order valence-corrected chi connectivity index (χ0v) is 14.2. The molecule has 1 aliphatic heterocycles. The van der Waals surface area contributed by atoms with Gasteiger partial charge in [-0.3, -0.25) is 4.79 Å². The Balaban J connectivity index is 1.32. The number of fused-ring (bicyclic) bond motifs is 3. The number of nitrogens with one attached hydrogen (secondary N) is 1. The van der Waals surface area contributed by atoms with E-state index < -0.39 is 0 Å². The fourth-order valence-corrected chi connectivity index (χ4v) is 3.98. The molecule has 25 heavy (non-hydrogen) atoms. The first-order valence-electron chi connectivity index (χ1n) is 9.24. The average Bonchev–Trinajstić information content (AvgIpc) is 3.42. The number of rotatable bonds is 3. The van der Waals surface area contributed by atoms with E-state index in [2.05, 4.69) is 16.3 Å².